The van der Waals surface area contributed by atoms with Crippen LogP contribution in [0.25, 0.3) is 0 Å². The monoisotopic (exact) mass is 427 g/mol. The van der Waals surface area contributed by atoms with Crippen LogP contribution >= 0.6 is 0 Å². The number of hydrogen-bond donors (Lipinski definition) is 1. The summed E-state index contributed by atoms with van der Waals surface area (Å²) in [6.45, 7) is 7.27. The van der Waals surface area contributed by atoms with Gasteiger partial charge < -0.3 is 19.5 Å². The van der Waals surface area contributed by atoms with E-state index in [2.05, 4.69) is 26.1 Å². The molecule has 0 aliphatic carbocycles. The number of carbonyl (C=O) groups excluding carboxylic acids is 3. The van der Waals surface area contributed by atoms with E-state index in [1.807, 2.05) is 12.1 Å². The molecular weight excluding hydrogens is 398 g/mol. The molecule has 0 radical (unpaired) electrons. The van der Waals surface area contributed by atoms with E-state index >= 15 is 0 Å². The van der Waals surface area contributed by atoms with Crippen molar-refractivity contribution in [1.29, 1.82) is 0 Å². The molecule has 31 heavy (non-hydrogen) atoms. The number of methoxy groups -OCH3 is 2. The lowest BCUT2D eigenvalue weighted by atomic mass is 9.86. The standard InChI is InChI=1S/C24H29NO6/c1-15(25-22(27)16-7-9-17(10-8-16)24(2,3)4)23(28)31-14-20(26)19-13-18(29-5)11-12-21(19)30-6/h7-13,15H,14H2,1-6H3,(H,25,27)/t15-/m0/s1. The van der Waals surface area contributed by atoms with Gasteiger partial charge in [0.15, 0.2) is 6.61 Å². The van der Waals surface area contributed by atoms with Crippen molar-refractivity contribution in [3.05, 3.63) is 59.2 Å². The van der Waals surface area contributed by atoms with E-state index in [1.165, 1.54) is 27.2 Å². The molecule has 0 aromatic heterocycles. The van der Waals surface area contributed by atoms with Crippen molar-refractivity contribution < 1.29 is 28.6 Å². The number of ether oxygens (including phenoxy) is 3. The molecule has 0 unspecified atom stereocenters. The van der Waals surface area contributed by atoms with E-state index < -0.39 is 30.3 Å². The molecule has 0 heterocycles. The molecule has 0 saturated carbocycles. The van der Waals surface area contributed by atoms with Crippen LogP contribution in [0, 0.1) is 0 Å². The van der Waals surface area contributed by atoms with E-state index in [1.54, 1.807) is 24.3 Å². The zero-order valence-corrected chi connectivity index (χ0v) is 18.8. The molecular formula is C24H29NO6. The summed E-state index contributed by atoms with van der Waals surface area (Å²) in [5.41, 5.74) is 1.75. The number of rotatable bonds is 8. The summed E-state index contributed by atoms with van der Waals surface area (Å²) in [4.78, 5) is 37.2. The largest absolute Gasteiger partial charge is 0.497 e. The Labute approximate surface area is 182 Å². The molecule has 0 aliphatic heterocycles. The van der Waals surface area contributed by atoms with E-state index in [9.17, 15) is 14.4 Å². The fourth-order valence-corrected chi connectivity index (χ4v) is 2.83. The van der Waals surface area contributed by atoms with Gasteiger partial charge >= 0.3 is 5.97 Å². The van der Waals surface area contributed by atoms with Crippen molar-refractivity contribution in [3.63, 3.8) is 0 Å². The Morgan fingerprint density at radius 3 is 2.16 bits per heavy atom. The third-order valence-electron chi connectivity index (χ3n) is 4.77. The highest BCUT2D eigenvalue weighted by Gasteiger charge is 2.21. The number of ketones is 1. The average molecular weight is 427 g/mol. The van der Waals surface area contributed by atoms with E-state index in [4.69, 9.17) is 14.2 Å². The van der Waals surface area contributed by atoms with Crippen molar-refractivity contribution in [3.8, 4) is 11.5 Å². The Morgan fingerprint density at radius 1 is 0.968 bits per heavy atom. The molecule has 1 atom stereocenters. The first kappa shape index (κ1) is 23.9. The van der Waals surface area contributed by atoms with Gasteiger partial charge in [-0.3, -0.25) is 9.59 Å². The number of carbonyl (C=O) groups is 3. The highest BCUT2D eigenvalue weighted by Crippen LogP contribution is 2.24. The van der Waals surface area contributed by atoms with Gasteiger partial charge in [-0.15, -0.1) is 0 Å². The molecule has 2 aromatic rings. The highest BCUT2D eigenvalue weighted by molar-refractivity contribution is 6.01. The van der Waals surface area contributed by atoms with Gasteiger partial charge in [0.1, 0.15) is 17.5 Å². The number of Topliss-reactive ketones (excluding diaryl/α,β-unsaturated/α-hetero) is 1. The molecule has 0 spiro atoms. The molecule has 7 heteroatoms. The Balaban J connectivity index is 1.95. The highest BCUT2D eigenvalue weighted by atomic mass is 16.5. The summed E-state index contributed by atoms with van der Waals surface area (Å²) < 4.78 is 15.4. The molecule has 2 aromatic carbocycles. The minimum Gasteiger partial charge on any atom is -0.497 e. The molecule has 0 saturated heterocycles. The van der Waals surface area contributed by atoms with Crippen LogP contribution in [0.2, 0.25) is 0 Å². The fraction of sp³-hybridized carbons (Fsp3) is 0.375. The number of benzene rings is 2. The maximum atomic E-state index is 12.5. The molecule has 7 nitrogen and oxygen atoms in total. The Morgan fingerprint density at radius 2 is 1.61 bits per heavy atom. The zero-order valence-electron chi connectivity index (χ0n) is 18.8. The number of esters is 1. The quantitative estimate of drug-likeness (QED) is 0.512. The predicted octanol–water partition coefficient (Wildman–Crippen LogP) is 3.55. The van der Waals surface area contributed by atoms with Crippen LogP contribution in [0.5, 0.6) is 11.5 Å². The summed E-state index contributed by atoms with van der Waals surface area (Å²) >= 11 is 0. The summed E-state index contributed by atoms with van der Waals surface area (Å²) in [5.74, 6) is -0.725. The molecule has 166 valence electrons. The minimum atomic E-state index is -0.921. The van der Waals surface area contributed by atoms with Crippen molar-refractivity contribution in [2.24, 2.45) is 0 Å². The van der Waals surface area contributed by atoms with Gasteiger partial charge in [-0.05, 0) is 48.2 Å². The van der Waals surface area contributed by atoms with Gasteiger partial charge in [-0.1, -0.05) is 32.9 Å². The summed E-state index contributed by atoms with van der Waals surface area (Å²) in [5, 5.41) is 2.59. The maximum absolute atomic E-state index is 12.5. The molecule has 2 rings (SSSR count). The van der Waals surface area contributed by atoms with E-state index in [0.29, 0.717) is 17.1 Å². The van der Waals surface area contributed by atoms with Crippen LogP contribution in [0.3, 0.4) is 0 Å². The smallest absolute Gasteiger partial charge is 0.328 e. The van der Waals surface area contributed by atoms with Crippen LogP contribution in [0.1, 0.15) is 54.0 Å². The predicted molar refractivity (Wildman–Crippen MR) is 117 cm³/mol. The SMILES string of the molecule is COc1ccc(OC)c(C(=O)COC(=O)[C@H](C)NC(=O)c2ccc(C(C)(C)C)cc2)c1. The van der Waals surface area contributed by atoms with Crippen molar-refractivity contribution in [2.75, 3.05) is 20.8 Å². The second-order valence-electron chi connectivity index (χ2n) is 8.12. The first-order chi connectivity index (χ1) is 14.6. The molecule has 0 bridgehead atoms. The molecule has 1 amide bonds. The molecule has 1 N–H and O–H groups in total. The van der Waals surface area contributed by atoms with Crippen LogP contribution in [0.4, 0.5) is 0 Å². The van der Waals surface area contributed by atoms with Crippen LogP contribution in [-0.2, 0) is 14.9 Å². The van der Waals surface area contributed by atoms with Gasteiger partial charge in [0.05, 0.1) is 19.8 Å². The molecule has 0 fully saturated rings. The van der Waals surface area contributed by atoms with Gasteiger partial charge in [-0.25, -0.2) is 4.79 Å². The summed E-state index contributed by atoms with van der Waals surface area (Å²) in [6.07, 6.45) is 0. The second kappa shape index (κ2) is 10.1. The summed E-state index contributed by atoms with van der Waals surface area (Å²) in [6, 6.07) is 11.1. The van der Waals surface area contributed by atoms with Crippen molar-refractivity contribution in [2.45, 2.75) is 39.2 Å². The lowest BCUT2D eigenvalue weighted by Gasteiger charge is -2.19. The lowest BCUT2D eigenvalue weighted by molar-refractivity contribution is -0.144. The third-order valence-corrected chi connectivity index (χ3v) is 4.77. The van der Waals surface area contributed by atoms with E-state index in [0.717, 1.165) is 5.56 Å². The second-order valence-corrected chi connectivity index (χ2v) is 8.12. The van der Waals surface area contributed by atoms with Gasteiger partial charge in [0, 0.05) is 5.56 Å². The first-order valence-corrected chi connectivity index (χ1v) is 9.90. The Kier molecular flexibility index (Phi) is 7.80. The lowest BCUT2D eigenvalue weighted by Crippen LogP contribution is -2.40. The minimum absolute atomic E-state index is 0.0237. The van der Waals surface area contributed by atoms with Gasteiger partial charge in [-0.2, -0.15) is 0 Å². The Bertz CT molecular complexity index is 944. The van der Waals surface area contributed by atoms with Crippen LogP contribution in [-0.4, -0.2) is 44.5 Å². The zero-order chi connectivity index (χ0) is 23.2. The topological polar surface area (TPSA) is 90.9 Å². The van der Waals surface area contributed by atoms with Crippen molar-refractivity contribution >= 4 is 17.7 Å². The number of hydrogen-bond acceptors (Lipinski definition) is 6. The van der Waals surface area contributed by atoms with Crippen molar-refractivity contribution in [1.82, 2.24) is 5.32 Å². The Hall–Kier alpha value is -3.35. The van der Waals surface area contributed by atoms with Gasteiger partial charge in [0.25, 0.3) is 5.91 Å². The summed E-state index contributed by atoms with van der Waals surface area (Å²) in [7, 11) is 2.92. The normalized spacial score (nSPS) is 11.9. The number of nitrogens with one attached hydrogen (secondary N) is 1. The van der Waals surface area contributed by atoms with Crippen LogP contribution < -0.4 is 14.8 Å². The third kappa shape index (κ3) is 6.31. The first-order valence-electron chi connectivity index (χ1n) is 9.90. The maximum Gasteiger partial charge on any atom is 0.328 e. The fourth-order valence-electron chi connectivity index (χ4n) is 2.83. The van der Waals surface area contributed by atoms with Crippen LogP contribution in [0.15, 0.2) is 42.5 Å². The number of amides is 1. The molecule has 0 aliphatic rings. The van der Waals surface area contributed by atoms with E-state index in [-0.39, 0.29) is 11.0 Å². The van der Waals surface area contributed by atoms with Gasteiger partial charge in [0.2, 0.25) is 5.78 Å². The average Bonchev–Trinajstić information content (AvgIpc) is 2.75.